The summed E-state index contributed by atoms with van der Waals surface area (Å²) in [5.41, 5.74) is 2.82. The van der Waals surface area contributed by atoms with E-state index in [9.17, 15) is 4.79 Å². The number of hydrogen-bond acceptors (Lipinski definition) is 3. The van der Waals surface area contributed by atoms with Crippen molar-refractivity contribution < 1.29 is 4.79 Å². The molecule has 3 aromatic rings. The summed E-state index contributed by atoms with van der Waals surface area (Å²) in [6, 6.07) is 28.3. The number of benzene rings is 3. The number of anilines is 1. The number of nitrogens with zero attached hydrogens (tertiary/aromatic N) is 3. The van der Waals surface area contributed by atoms with Gasteiger partial charge in [-0.3, -0.25) is 0 Å². The molecular formula is C25H20ClN3OSe. The van der Waals surface area contributed by atoms with Gasteiger partial charge in [-0.25, -0.2) is 0 Å². The van der Waals surface area contributed by atoms with Crippen LogP contribution >= 0.6 is 11.6 Å². The number of para-hydroxylation sites is 1. The van der Waals surface area contributed by atoms with Crippen molar-refractivity contribution >= 4 is 48.3 Å². The molecule has 0 saturated carbocycles. The molecule has 0 N–H and O–H groups in total. The molecule has 0 radical (unpaired) electrons. The molecule has 2 aliphatic heterocycles. The summed E-state index contributed by atoms with van der Waals surface area (Å²) in [4.78, 5) is 22.2. The van der Waals surface area contributed by atoms with Gasteiger partial charge in [0.05, 0.1) is 0 Å². The molecule has 0 atom stereocenters. The minimum absolute atomic E-state index is 0.00360. The van der Waals surface area contributed by atoms with Crippen LogP contribution in [0.15, 0.2) is 100 Å². The Bertz CT molecular complexity index is 1160. The number of rotatable bonds is 5. The van der Waals surface area contributed by atoms with Crippen molar-refractivity contribution in [1.82, 2.24) is 4.90 Å². The Kier molecular flexibility index (Phi) is 5.64. The Balaban J connectivity index is 1.50. The molecule has 2 heterocycles. The van der Waals surface area contributed by atoms with Crippen LogP contribution in [-0.2, 0) is 11.2 Å². The number of carbonyl (C=O) groups is 1. The molecule has 0 aromatic heterocycles. The molecule has 0 aliphatic carbocycles. The third-order valence-electron chi connectivity index (χ3n) is 5.27. The van der Waals surface area contributed by atoms with Gasteiger partial charge in [0.1, 0.15) is 0 Å². The van der Waals surface area contributed by atoms with Gasteiger partial charge >= 0.3 is 193 Å². The number of amides is 1. The zero-order valence-corrected chi connectivity index (χ0v) is 19.2. The van der Waals surface area contributed by atoms with Gasteiger partial charge in [-0.1, -0.05) is 0 Å². The molecular weight excluding hydrogens is 473 g/mol. The summed E-state index contributed by atoms with van der Waals surface area (Å²) >= 11 is 6.11. The number of aliphatic imine (C=N–C) groups is 1. The van der Waals surface area contributed by atoms with Crippen molar-refractivity contribution in [2.75, 3.05) is 18.1 Å². The van der Waals surface area contributed by atoms with Gasteiger partial charge in [-0.2, -0.15) is 0 Å². The van der Waals surface area contributed by atoms with Crippen LogP contribution in [0.3, 0.4) is 0 Å². The van der Waals surface area contributed by atoms with Crippen molar-refractivity contribution in [1.29, 1.82) is 0 Å². The van der Waals surface area contributed by atoms with Crippen LogP contribution in [0.1, 0.15) is 5.56 Å². The molecule has 0 fully saturated rings. The number of hydrogen-bond donors (Lipinski definition) is 0. The molecule has 154 valence electrons. The van der Waals surface area contributed by atoms with E-state index in [1.54, 1.807) is 0 Å². The first-order valence-electron chi connectivity index (χ1n) is 10.1. The quantitative estimate of drug-likeness (QED) is 0.507. The molecule has 6 heteroatoms. The molecule has 0 bridgehead atoms. The van der Waals surface area contributed by atoms with E-state index in [1.807, 2.05) is 65.6 Å². The van der Waals surface area contributed by atoms with Crippen molar-refractivity contribution in [2.24, 2.45) is 4.99 Å². The minimum atomic E-state index is 0.00360. The molecule has 2 aliphatic rings. The summed E-state index contributed by atoms with van der Waals surface area (Å²) in [7, 11) is 0. The SMILES string of the molecule is O=C1C(Cc2ccccc2)=NC2=C([Se]c3ccc(Cl)cc3)CN(c3ccccc3)CN12. The van der Waals surface area contributed by atoms with Crippen LogP contribution in [0.2, 0.25) is 5.02 Å². The fourth-order valence-corrected chi connectivity index (χ4v) is 6.01. The molecule has 5 rings (SSSR count). The van der Waals surface area contributed by atoms with Crippen molar-refractivity contribution in [3.05, 3.63) is 106 Å². The van der Waals surface area contributed by atoms with Gasteiger partial charge < -0.3 is 0 Å². The van der Waals surface area contributed by atoms with Crippen molar-refractivity contribution in [3.63, 3.8) is 0 Å². The molecule has 4 nitrogen and oxygen atoms in total. The molecule has 0 spiro atoms. The zero-order valence-electron chi connectivity index (χ0n) is 16.7. The van der Waals surface area contributed by atoms with Crippen molar-refractivity contribution in [3.8, 4) is 0 Å². The molecule has 0 saturated heterocycles. The van der Waals surface area contributed by atoms with E-state index in [1.165, 1.54) is 8.93 Å². The normalized spacial score (nSPS) is 15.9. The third-order valence-corrected chi connectivity index (χ3v) is 7.76. The van der Waals surface area contributed by atoms with Gasteiger partial charge in [0.25, 0.3) is 0 Å². The molecule has 0 unspecified atom stereocenters. The Morgan fingerprint density at radius 1 is 0.903 bits per heavy atom. The van der Waals surface area contributed by atoms with Crippen LogP contribution in [-0.4, -0.2) is 44.7 Å². The second-order valence-electron chi connectivity index (χ2n) is 7.43. The maximum absolute atomic E-state index is 13.3. The topological polar surface area (TPSA) is 35.9 Å². The van der Waals surface area contributed by atoms with Gasteiger partial charge in [0.2, 0.25) is 0 Å². The maximum atomic E-state index is 13.3. The first kappa shape index (κ1) is 20.1. The van der Waals surface area contributed by atoms with E-state index in [-0.39, 0.29) is 20.9 Å². The van der Waals surface area contributed by atoms with E-state index >= 15 is 0 Å². The average Bonchev–Trinajstić information content (AvgIpc) is 3.12. The van der Waals surface area contributed by atoms with E-state index in [2.05, 4.69) is 29.2 Å². The third kappa shape index (κ3) is 4.31. The standard InChI is InChI=1S/C25H20ClN3OSe/c26-19-11-13-21(14-12-19)31-23-16-28(20-9-5-2-6-10-20)17-29-24(23)27-22(25(29)30)15-18-7-3-1-4-8-18/h1-14H,15-17H2. The van der Waals surface area contributed by atoms with Crippen LogP contribution in [0, 0.1) is 0 Å². The monoisotopic (exact) mass is 493 g/mol. The Hall–Kier alpha value is -2.85. The first-order valence-corrected chi connectivity index (χ1v) is 12.2. The number of fused-ring (bicyclic) bond motifs is 1. The second kappa shape index (κ2) is 8.72. The molecule has 31 heavy (non-hydrogen) atoms. The average molecular weight is 493 g/mol. The predicted octanol–water partition coefficient (Wildman–Crippen LogP) is 3.84. The van der Waals surface area contributed by atoms with Crippen LogP contribution in [0.4, 0.5) is 5.69 Å². The number of carbonyl (C=O) groups excluding carboxylic acids is 1. The summed E-state index contributed by atoms with van der Waals surface area (Å²) in [5, 5.41) is 0.729. The predicted molar refractivity (Wildman–Crippen MR) is 127 cm³/mol. The van der Waals surface area contributed by atoms with E-state index in [0.29, 0.717) is 18.8 Å². The van der Waals surface area contributed by atoms with E-state index in [0.717, 1.165) is 28.6 Å². The molecule has 3 aromatic carbocycles. The van der Waals surface area contributed by atoms with Crippen molar-refractivity contribution in [2.45, 2.75) is 6.42 Å². The Morgan fingerprint density at radius 3 is 2.29 bits per heavy atom. The summed E-state index contributed by atoms with van der Waals surface area (Å²) < 4.78 is 2.41. The van der Waals surface area contributed by atoms with Crippen LogP contribution in [0.5, 0.6) is 0 Å². The van der Waals surface area contributed by atoms with Crippen LogP contribution < -0.4 is 9.36 Å². The van der Waals surface area contributed by atoms with Gasteiger partial charge in [-0.15, -0.1) is 0 Å². The van der Waals surface area contributed by atoms with Gasteiger partial charge in [-0.05, 0) is 0 Å². The van der Waals surface area contributed by atoms with Crippen LogP contribution in [0.25, 0.3) is 0 Å². The Morgan fingerprint density at radius 2 is 1.58 bits per heavy atom. The Labute approximate surface area is 193 Å². The number of halogens is 1. The van der Waals surface area contributed by atoms with Gasteiger partial charge in [0.15, 0.2) is 0 Å². The van der Waals surface area contributed by atoms with Gasteiger partial charge in [0, 0.05) is 0 Å². The molecule has 1 amide bonds. The zero-order chi connectivity index (χ0) is 21.2. The fourth-order valence-electron chi connectivity index (χ4n) is 3.74. The van der Waals surface area contributed by atoms with E-state index < -0.39 is 0 Å². The first-order chi connectivity index (χ1) is 15.2. The van der Waals surface area contributed by atoms with E-state index in [4.69, 9.17) is 16.6 Å². The fraction of sp³-hybridized carbons (Fsp3) is 0.120. The summed E-state index contributed by atoms with van der Waals surface area (Å²) in [6.45, 7) is 1.27. The summed E-state index contributed by atoms with van der Waals surface area (Å²) in [6.07, 6.45) is 0.548. The summed E-state index contributed by atoms with van der Waals surface area (Å²) in [5.74, 6) is 0.835. The second-order valence-corrected chi connectivity index (χ2v) is 10.3.